The predicted molar refractivity (Wildman–Crippen MR) is 111 cm³/mol. The Bertz CT molecular complexity index is 926. The molecule has 2 aromatic carbocycles. The molecule has 1 heterocycles. The molecule has 0 bridgehead atoms. The molecule has 138 valence electrons. The van der Waals surface area contributed by atoms with Gasteiger partial charge in [-0.25, -0.2) is 5.43 Å². The maximum Gasteiger partial charge on any atom is 0.245 e. The molecule has 0 saturated carbocycles. The van der Waals surface area contributed by atoms with E-state index in [0.717, 1.165) is 21.8 Å². The fourth-order valence-electron chi connectivity index (χ4n) is 2.24. The van der Waals surface area contributed by atoms with Crippen molar-refractivity contribution in [2.24, 2.45) is 5.10 Å². The smallest absolute Gasteiger partial charge is 0.245 e. The number of benzene rings is 2. The molecule has 0 saturated heterocycles. The molecule has 27 heavy (non-hydrogen) atoms. The highest BCUT2D eigenvalue weighted by atomic mass is 35.5. The van der Waals surface area contributed by atoms with E-state index in [4.69, 9.17) is 27.9 Å². The van der Waals surface area contributed by atoms with Crippen LogP contribution in [-0.2, 0) is 17.8 Å². The van der Waals surface area contributed by atoms with Crippen molar-refractivity contribution in [3.8, 4) is 5.75 Å². The molecule has 3 aromatic rings. The molecule has 7 heteroatoms. The Hall–Kier alpha value is -2.34. The first kappa shape index (κ1) is 19.4. The molecule has 0 radical (unpaired) electrons. The highest BCUT2D eigenvalue weighted by molar-refractivity contribution is 7.10. The molecule has 0 unspecified atom stereocenters. The van der Waals surface area contributed by atoms with Crippen LogP contribution in [0.15, 0.2) is 65.1 Å². The van der Waals surface area contributed by atoms with Gasteiger partial charge in [0.25, 0.3) is 0 Å². The van der Waals surface area contributed by atoms with Gasteiger partial charge in [-0.05, 0) is 59.0 Å². The van der Waals surface area contributed by atoms with Crippen LogP contribution < -0.4 is 10.2 Å². The number of carbonyl (C=O) groups is 1. The molecule has 0 atom stereocenters. The molecule has 0 aliphatic heterocycles. The Morgan fingerprint density at radius 1 is 1.11 bits per heavy atom. The number of hydrogen-bond acceptors (Lipinski definition) is 4. The zero-order valence-corrected chi connectivity index (χ0v) is 16.5. The lowest BCUT2D eigenvalue weighted by atomic mass is 10.2. The van der Waals surface area contributed by atoms with Crippen molar-refractivity contribution < 1.29 is 9.53 Å². The molecule has 1 amide bonds. The Labute approximate surface area is 171 Å². The van der Waals surface area contributed by atoms with E-state index in [2.05, 4.69) is 10.5 Å². The predicted octanol–water partition coefficient (Wildman–Crippen LogP) is 5.33. The van der Waals surface area contributed by atoms with E-state index in [0.29, 0.717) is 23.1 Å². The largest absolute Gasteiger partial charge is 0.489 e. The van der Waals surface area contributed by atoms with Gasteiger partial charge in [0, 0.05) is 4.88 Å². The van der Waals surface area contributed by atoms with E-state index < -0.39 is 0 Å². The summed E-state index contributed by atoms with van der Waals surface area (Å²) in [4.78, 5) is 12.8. The minimum absolute atomic E-state index is 0.143. The molecule has 0 spiro atoms. The normalized spacial score (nSPS) is 10.9. The summed E-state index contributed by atoms with van der Waals surface area (Å²) in [6, 6.07) is 16.6. The molecule has 1 aromatic heterocycles. The number of thiophene rings is 1. The summed E-state index contributed by atoms with van der Waals surface area (Å²) in [6.07, 6.45) is 1.92. The summed E-state index contributed by atoms with van der Waals surface area (Å²) in [5.41, 5.74) is 4.31. The third-order valence-corrected chi connectivity index (χ3v) is 5.20. The zero-order valence-electron chi connectivity index (χ0n) is 14.2. The second-order valence-electron chi connectivity index (χ2n) is 5.66. The summed E-state index contributed by atoms with van der Waals surface area (Å²) in [5, 5.41) is 6.94. The number of ether oxygens (including phenoxy) is 1. The minimum atomic E-state index is -0.143. The summed E-state index contributed by atoms with van der Waals surface area (Å²) in [5.74, 6) is 0.579. The molecule has 4 nitrogen and oxygen atoms in total. The van der Waals surface area contributed by atoms with Crippen molar-refractivity contribution in [2.75, 3.05) is 0 Å². The average Bonchev–Trinajstić information content (AvgIpc) is 3.17. The lowest BCUT2D eigenvalue weighted by molar-refractivity contribution is -0.120. The summed E-state index contributed by atoms with van der Waals surface area (Å²) >= 11 is 13.4. The van der Waals surface area contributed by atoms with Crippen LogP contribution in [0.3, 0.4) is 0 Å². The Morgan fingerprint density at radius 3 is 2.63 bits per heavy atom. The van der Waals surface area contributed by atoms with E-state index >= 15 is 0 Å². The number of nitrogens with one attached hydrogen (secondary N) is 1. The molecule has 3 rings (SSSR count). The van der Waals surface area contributed by atoms with E-state index in [1.807, 2.05) is 47.8 Å². The van der Waals surface area contributed by atoms with Gasteiger partial charge >= 0.3 is 0 Å². The van der Waals surface area contributed by atoms with Crippen LogP contribution in [0.5, 0.6) is 5.75 Å². The zero-order chi connectivity index (χ0) is 19.1. The van der Waals surface area contributed by atoms with E-state index in [9.17, 15) is 4.79 Å². The van der Waals surface area contributed by atoms with Crippen LogP contribution in [0, 0.1) is 0 Å². The van der Waals surface area contributed by atoms with Gasteiger partial charge in [-0.1, -0.05) is 35.3 Å². The number of carbonyl (C=O) groups excluding carboxylic acids is 1. The van der Waals surface area contributed by atoms with Gasteiger partial charge in [-0.2, -0.15) is 5.10 Å². The summed E-state index contributed by atoms with van der Waals surface area (Å²) in [7, 11) is 0. The molecular weight excluding hydrogens is 403 g/mol. The van der Waals surface area contributed by atoms with Crippen LogP contribution in [0.1, 0.15) is 16.0 Å². The first-order valence-corrected chi connectivity index (χ1v) is 9.75. The summed E-state index contributed by atoms with van der Waals surface area (Å²) in [6.45, 7) is 0.392. The van der Waals surface area contributed by atoms with E-state index in [1.165, 1.54) is 0 Å². The molecular formula is C20H16Cl2N2O2S. The van der Waals surface area contributed by atoms with Gasteiger partial charge in [0.1, 0.15) is 12.4 Å². The van der Waals surface area contributed by atoms with Crippen LogP contribution in [0.25, 0.3) is 0 Å². The standard InChI is InChI=1S/C20H16Cl2N2O2S/c21-18-8-5-15(10-19(18)22)13-26-16-6-3-14(4-7-16)12-23-24-20(25)11-17-2-1-9-27-17/h1-10,12H,11,13H2,(H,24,25)/b23-12-. The minimum Gasteiger partial charge on any atom is -0.489 e. The lowest BCUT2D eigenvalue weighted by Crippen LogP contribution is -2.19. The third kappa shape index (κ3) is 6.10. The van der Waals surface area contributed by atoms with Crippen molar-refractivity contribution in [1.29, 1.82) is 0 Å². The number of halogens is 2. The highest BCUT2D eigenvalue weighted by Gasteiger charge is 2.03. The second kappa shape index (κ2) is 9.55. The van der Waals surface area contributed by atoms with Gasteiger partial charge < -0.3 is 4.74 Å². The van der Waals surface area contributed by atoms with Crippen molar-refractivity contribution in [3.05, 3.63) is 86.0 Å². The molecule has 0 aliphatic carbocycles. The van der Waals surface area contributed by atoms with E-state index in [-0.39, 0.29) is 5.91 Å². The van der Waals surface area contributed by atoms with Gasteiger partial charge in [-0.15, -0.1) is 11.3 Å². The fraction of sp³-hybridized carbons (Fsp3) is 0.100. The van der Waals surface area contributed by atoms with Crippen LogP contribution >= 0.6 is 34.5 Å². The first-order valence-electron chi connectivity index (χ1n) is 8.11. The third-order valence-electron chi connectivity index (χ3n) is 3.59. The van der Waals surface area contributed by atoms with Crippen LogP contribution in [0.2, 0.25) is 10.0 Å². The van der Waals surface area contributed by atoms with Crippen molar-refractivity contribution in [3.63, 3.8) is 0 Å². The summed E-state index contributed by atoms with van der Waals surface area (Å²) < 4.78 is 5.73. The Kier molecular flexibility index (Phi) is 6.87. The maximum absolute atomic E-state index is 11.8. The van der Waals surface area contributed by atoms with Gasteiger partial charge in [0.05, 0.1) is 22.7 Å². The second-order valence-corrected chi connectivity index (χ2v) is 7.50. The SMILES string of the molecule is O=C(Cc1cccs1)N/N=C\c1ccc(OCc2ccc(Cl)c(Cl)c2)cc1. The van der Waals surface area contributed by atoms with Crippen molar-refractivity contribution in [2.45, 2.75) is 13.0 Å². The van der Waals surface area contributed by atoms with E-state index in [1.54, 1.807) is 29.7 Å². The number of amides is 1. The fourth-order valence-corrected chi connectivity index (χ4v) is 3.26. The van der Waals surface area contributed by atoms with Crippen LogP contribution in [-0.4, -0.2) is 12.1 Å². The molecule has 0 aliphatic rings. The number of hydrogen-bond donors (Lipinski definition) is 1. The van der Waals surface area contributed by atoms with Crippen LogP contribution in [0.4, 0.5) is 0 Å². The Balaban J connectivity index is 1.47. The number of nitrogens with zero attached hydrogens (tertiary/aromatic N) is 1. The highest BCUT2D eigenvalue weighted by Crippen LogP contribution is 2.23. The van der Waals surface area contributed by atoms with Gasteiger partial charge in [0.2, 0.25) is 5.91 Å². The van der Waals surface area contributed by atoms with Crippen molar-refractivity contribution in [1.82, 2.24) is 5.43 Å². The molecule has 0 fully saturated rings. The maximum atomic E-state index is 11.8. The monoisotopic (exact) mass is 418 g/mol. The quantitative estimate of drug-likeness (QED) is 0.416. The lowest BCUT2D eigenvalue weighted by Gasteiger charge is -2.07. The number of hydrazone groups is 1. The first-order chi connectivity index (χ1) is 13.1. The topological polar surface area (TPSA) is 50.7 Å². The van der Waals surface area contributed by atoms with Gasteiger partial charge in [0.15, 0.2) is 0 Å². The van der Waals surface area contributed by atoms with Gasteiger partial charge in [-0.3, -0.25) is 4.79 Å². The Morgan fingerprint density at radius 2 is 1.93 bits per heavy atom. The molecule has 1 N–H and O–H groups in total. The van der Waals surface area contributed by atoms with Crippen molar-refractivity contribution >= 4 is 46.7 Å². The average molecular weight is 419 g/mol. The number of rotatable bonds is 7.